The second kappa shape index (κ2) is 6.60. The number of carbonyl (C=O) groups excluding carboxylic acids is 4. The van der Waals surface area contributed by atoms with Gasteiger partial charge in [-0.1, -0.05) is 49.4 Å². The van der Waals surface area contributed by atoms with Crippen LogP contribution in [0.2, 0.25) is 0 Å². The van der Waals surface area contributed by atoms with E-state index < -0.39 is 23.4 Å². The molecule has 4 rings (SSSR count). The van der Waals surface area contributed by atoms with Crippen molar-refractivity contribution in [3.8, 4) is 0 Å². The molecule has 0 aliphatic carbocycles. The Bertz CT molecular complexity index is 953. The number of hydrogen-bond donors (Lipinski definition) is 1. The van der Waals surface area contributed by atoms with Gasteiger partial charge >= 0.3 is 6.03 Å². The minimum absolute atomic E-state index is 0.0416. The van der Waals surface area contributed by atoms with Crippen molar-refractivity contribution in [2.45, 2.75) is 18.9 Å². The molecule has 142 valence electrons. The molecule has 1 fully saturated rings. The molecule has 1 saturated heterocycles. The van der Waals surface area contributed by atoms with Crippen molar-refractivity contribution >= 4 is 23.8 Å². The fraction of sp³-hybridized carbons (Fsp3) is 0.238. The SMILES string of the molecule is CCC1(c2ccccc2)NC(=O)N(CCN2C(=O)c3ccccc3C2=O)C1=O. The first-order valence-corrected chi connectivity index (χ1v) is 9.14. The summed E-state index contributed by atoms with van der Waals surface area (Å²) >= 11 is 0. The average molecular weight is 377 g/mol. The zero-order chi connectivity index (χ0) is 19.9. The van der Waals surface area contributed by atoms with E-state index >= 15 is 0 Å². The number of carbonyl (C=O) groups is 4. The summed E-state index contributed by atoms with van der Waals surface area (Å²) in [5.41, 5.74) is 0.271. The number of nitrogens with zero attached hydrogens (tertiary/aromatic N) is 2. The standard InChI is InChI=1S/C21H19N3O4/c1-2-21(14-8-4-3-5-9-14)19(27)24(20(28)22-21)13-12-23-17(25)15-10-6-7-11-16(15)18(23)26/h3-11H,2,12-13H2,1H3,(H,22,28). The van der Waals surface area contributed by atoms with Crippen molar-refractivity contribution in [1.29, 1.82) is 0 Å². The van der Waals surface area contributed by atoms with E-state index in [1.807, 2.05) is 25.1 Å². The van der Waals surface area contributed by atoms with Gasteiger partial charge in [-0.25, -0.2) is 4.79 Å². The predicted molar refractivity (Wildman–Crippen MR) is 100 cm³/mol. The van der Waals surface area contributed by atoms with Crippen molar-refractivity contribution in [2.24, 2.45) is 0 Å². The second-order valence-electron chi connectivity index (χ2n) is 6.82. The molecule has 7 heteroatoms. The molecule has 5 amide bonds. The highest BCUT2D eigenvalue weighted by molar-refractivity contribution is 6.21. The molecule has 1 unspecified atom stereocenters. The van der Waals surface area contributed by atoms with Crippen molar-refractivity contribution in [3.63, 3.8) is 0 Å². The van der Waals surface area contributed by atoms with Crippen LogP contribution < -0.4 is 5.32 Å². The van der Waals surface area contributed by atoms with Gasteiger partial charge < -0.3 is 5.32 Å². The largest absolute Gasteiger partial charge is 0.325 e. The Morgan fingerprint density at radius 2 is 1.32 bits per heavy atom. The molecule has 7 nitrogen and oxygen atoms in total. The maximum atomic E-state index is 13.1. The fourth-order valence-corrected chi connectivity index (χ4v) is 3.83. The smallest absolute Gasteiger partial charge is 0.319 e. The Kier molecular flexibility index (Phi) is 4.22. The van der Waals surface area contributed by atoms with Gasteiger partial charge in [-0.2, -0.15) is 0 Å². The van der Waals surface area contributed by atoms with Crippen LogP contribution in [0.4, 0.5) is 4.79 Å². The van der Waals surface area contributed by atoms with Gasteiger partial charge in [0.1, 0.15) is 5.54 Å². The molecule has 2 aromatic carbocycles. The van der Waals surface area contributed by atoms with Gasteiger partial charge in [0, 0.05) is 13.1 Å². The first-order valence-electron chi connectivity index (χ1n) is 9.14. The zero-order valence-electron chi connectivity index (χ0n) is 15.3. The zero-order valence-corrected chi connectivity index (χ0v) is 15.3. The van der Waals surface area contributed by atoms with Gasteiger partial charge in [0.25, 0.3) is 17.7 Å². The highest BCUT2D eigenvalue weighted by atomic mass is 16.2. The molecule has 28 heavy (non-hydrogen) atoms. The number of rotatable bonds is 5. The third kappa shape index (κ3) is 2.51. The highest BCUT2D eigenvalue weighted by Crippen LogP contribution is 2.32. The molecule has 1 atom stereocenters. The van der Waals surface area contributed by atoms with Crippen LogP contribution in [0.25, 0.3) is 0 Å². The molecular weight excluding hydrogens is 358 g/mol. The molecule has 2 heterocycles. The lowest BCUT2D eigenvalue weighted by Crippen LogP contribution is -2.44. The maximum absolute atomic E-state index is 13.1. The van der Waals surface area contributed by atoms with Gasteiger partial charge in [-0.3, -0.25) is 24.2 Å². The van der Waals surface area contributed by atoms with E-state index in [1.54, 1.807) is 36.4 Å². The third-order valence-electron chi connectivity index (χ3n) is 5.40. The normalized spacial score (nSPS) is 21.3. The summed E-state index contributed by atoms with van der Waals surface area (Å²) in [4.78, 5) is 52.8. The van der Waals surface area contributed by atoms with E-state index in [4.69, 9.17) is 0 Å². The van der Waals surface area contributed by atoms with E-state index in [-0.39, 0.29) is 19.0 Å². The summed E-state index contributed by atoms with van der Waals surface area (Å²) in [5, 5.41) is 2.80. The maximum Gasteiger partial charge on any atom is 0.325 e. The second-order valence-corrected chi connectivity index (χ2v) is 6.82. The van der Waals surface area contributed by atoms with Crippen molar-refractivity contribution in [1.82, 2.24) is 15.1 Å². The minimum atomic E-state index is -1.12. The highest BCUT2D eigenvalue weighted by Gasteiger charge is 2.51. The van der Waals surface area contributed by atoms with E-state index in [0.29, 0.717) is 23.1 Å². The first-order chi connectivity index (χ1) is 13.5. The Morgan fingerprint density at radius 1 is 0.786 bits per heavy atom. The third-order valence-corrected chi connectivity index (χ3v) is 5.40. The Balaban J connectivity index is 1.54. The number of nitrogens with one attached hydrogen (secondary N) is 1. The van der Waals surface area contributed by atoms with Crippen LogP contribution in [-0.4, -0.2) is 46.6 Å². The summed E-state index contributed by atoms with van der Waals surface area (Å²) in [7, 11) is 0. The lowest BCUT2D eigenvalue weighted by atomic mass is 9.87. The van der Waals surface area contributed by atoms with Crippen LogP contribution in [-0.2, 0) is 10.3 Å². The number of imide groups is 2. The van der Waals surface area contributed by atoms with Gasteiger partial charge in [0.15, 0.2) is 0 Å². The molecule has 0 bridgehead atoms. The molecule has 0 saturated carbocycles. The van der Waals surface area contributed by atoms with Crippen molar-refractivity contribution in [2.75, 3.05) is 13.1 Å². The topological polar surface area (TPSA) is 86.8 Å². The summed E-state index contributed by atoms with van der Waals surface area (Å²) in [6.07, 6.45) is 0.394. The molecule has 0 spiro atoms. The molecule has 1 N–H and O–H groups in total. The number of fused-ring (bicyclic) bond motifs is 1. The minimum Gasteiger partial charge on any atom is -0.319 e. The van der Waals surface area contributed by atoms with E-state index in [9.17, 15) is 19.2 Å². The Labute approximate surface area is 161 Å². The summed E-state index contributed by atoms with van der Waals surface area (Å²) in [6.45, 7) is 1.74. The monoisotopic (exact) mass is 377 g/mol. The molecule has 2 aliphatic heterocycles. The molecule has 0 radical (unpaired) electrons. The van der Waals surface area contributed by atoms with Gasteiger partial charge in [0.05, 0.1) is 11.1 Å². The van der Waals surface area contributed by atoms with E-state index in [1.165, 1.54) is 0 Å². The van der Waals surface area contributed by atoms with Crippen LogP contribution in [0.3, 0.4) is 0 Å². The quantitative estimate of drug-likeness (QED) is 0.639. The lowest BCUT2D eigenvalue weighted by molar-refractivity contribution is -0.131. The van der Waals surface area contributed by atoms with Crippen LogP contribution >= 0.6 is 0 Å². The molecule has 2 aromatic rings. The first kappa shape index (κ1) is 17.9. The van der Waals surface area contributed by atoms with Crippen LogP contribution in [0.5, 0.6) is 0 Å². The Hall–Kier alpha value is -3.48. The summed E-state index contributed by atoms with van der Waals surface area (Å²) in [5.74, 6) is -1.18. The van der Waals surface area contributed by atoms with Crippen LogP contribution in [0.1, 0.15) is 39.6 Å². The van der Waals surface area contributed by atoms with Crippen molar-refractivity contribution < 1.29 is 19.2 Å². The van der Waals surface area contributed by atoms with Gasteiger partial charge in [0.2, 0.25) is 0 Å². The molecule has 2 aliphatic rings. The lowest BCUT2D eigenvalue weighted by Gasteiger charge is -2.26. The summed E-state index contributed by atoms with van der Waals surface area (Å²) < 4.78 is 0. The predicted octanol–water partition coefficient (Wildman–Crippen LogP) is 2.14. The molecule has 0 aromatic heterocycles. The fourth-order valence-electron chi connectivity index (χ4n) is 3.83. The number of urea groups is 1. The Morgan fingerprint density at radius 3 is 1.89 bits per heavy atom. The van der Waals surface area contributed by atoms with Gasteiger partial charge in [-0.15, -0.1) is 0 Å². The van der Waals surface area contributed by atoms with Crippen LogP contribution in [0.15, 0.2) is 54.6 Å². The number of benzene rings is 2. The number of amides is 5. The van der Waals surface area contributed by atoms with Gasteiger partial charge in [-0.05, 0) is 24.1 Å². The summed E-state index contributed by atoms with van der Waals surface area (Å²) in [6, 6.07) is 15.1. The number of hydrogen-bond acceptors (Lipinski definition) is 4. The van der Waals surface area contributed by atoms with Crippen LogP contribution in [0, 0.1) is 0 Å². The van der Waals surface area contributed by atoms with E-state index in [2.05, 4.69) is 5.32 Å². The van der Waals surface area contributed by atoms with Crippen molar-refractivity contribution in [3.05, 3.63) is 71.3 Å². The molecular formula is C21H19N3O4. The average Bonchev–Trinajstić information content (AvgIpc) is 3.12. The van der Waals surface area contributed by atoms with E-state index in [0.717, 1.165) is 9.80 Å².